The Bertz CT molecular complexity index is 418. The van der Waals surface area contributed by atoms with Crippen LogP contribution in [0.2, 0.25) is 0 Å². The number of aromatic nitrogens is 4. The van der Waals surface area contributed by atoms with Crippen LogP contribution in [-0.4, -0.2) is 19.6 Å². The molecule has 0 bridgehead atoms. The molecular formula is C9H11BrN4. The molecule has 0 aliphatic carbocycles. The summed E-state index contributed by atoms with van der Waals surface area (Å²) in [6.07, 6.45) is 7.64. The van der Waals surface area contributed by atoms with Gasteiger partial charge in [0.1, 0.15) is 0 Å². The van der Waals surface area contributed by atoms with Crippen molar-refractivity contribution in [2.45, 2.75) is 20.0 Å². The van der Waals surface area contributed by atoms with E-state index in [4.69, 9.17) is 0 Å². The van der Waals surface area contributed by atoms with Crippen LogP contribution in [0.5, 0.6) is 0 Å². The van der Waals surface area contributed by atoms with Gasteiger partial charge >= 0.3 is 0 Å². The number of hydrogen-bond donors (Lipinski definition) is 0. The van der Waals surface area contributed by atoms with Crippen molar-refractivity contribution < 1.29 is 0 Å². The van der Waals surface area contributed by atoms with E-state index in [-0.39, 0.29) is 0 Å². The fourth-order valence-electron chi connectivity index (χ4n) is 1.27. The lowest BCUT2D eigenvalue weighted by atomic mass is 10.4. The van der Waals surface area contributed by atoms with Gasteiger partial charge in [-0.3, -0.25) is 9.36 Å². The molecule has 0 atom stereocenters. The first-order valence-electron chi connectivity index (χ1n) is 4.47. The normalized spacial score (nSPS) is 10.7. The fourth-order valence-corrected chi connectivity index (χ4v) is 1.60. The highest BCUT2D eigenvalue weighted by Crippen LogP contribution is 2.08. The Balaban J connectivity index is 2.10. The molecule has 0 radical (unpaired) electrons. The van der Waals surface area contributed by atoms with Gasteiger partial charge in [0.2, 0.25) is 0 Å². The molecule has 2 aromatic rings. The van der Waals surface area contributed by atoms with E-state index in [1.165, 1.54) is 5.56 Å². The summed E-state index contributed by atoms with van der Waals surface area (Å²) >= 11 is 3.36. The quantitative estimate of drug-likeness (QED) is 0.839. The average molecular weight is 255 g/mol. The molecule has 0 aliphatic rings. The minimum atomic E-state index is 0.769. The Morgan fingerprint density at radius 3 is 2.57 bits per heavy atom. The van der Waals surface area contributed by atoms with Crippen LogP contribution in [-0.2, 0) is 13.1 Å². The molecule has 0 saturated heterocycles. The molecule has 2 heterocycles. The SMILES string of the molecule is CCn1cc(Cn2cc(Br)cn2)cn1. The van der Waals surface area contributed by atoms with E-state index in [1.54, 1.807) is 6.20 Å². The Kier molecular flexibility index (Phi) is 2.67. The first kappa shape index (κ1) is 9.45. The summed E-state index contributed by atoms with van der Waals surface area (Å²) in [5, 5.41) is 8.38. The Labute approximate surface area is 90.7 Å². The first-order valence-corrected chi connectivity index (χ1v) is 5.26. The topological polar surface area (TPSA) is 35.6 Å². The number of hydrogen-bond acceptors (Lipinski definition) is 2. The van der Waals surface area contributed by atoms with Crippen molar-refractivity contribution in [3.05, 3.63) is 34.8 Å². The van der Waals surface area contributed by atoms with E-state index in [0.717, 1.165) is 17.6 Å². The van der Waals surface area contributed by atoms with Crippen molar-refractivity contribution in [3.63, 3.8) is 0 Å². The van der Waals surface area contributed by atoms with E-state index in [0.29, 0.717) is 0 Å². The van der Waals surface area contributed by atoms with Crippen LogP contribution in [0.1, 0.15) is 12.5 Å². The van der Waals surface area contributed by atoms with E-state index in [2.05, 4.69) is 33.1 Å². The van der Waals surface area contributed by atoms with Crippen molar-refractivity contribution in [2.24, 2.45) is 0 Å². The lowest BCUT2D eigenvalue weighted by molar-refractivity contribution is 0.654. The largest absolute Gasteiger partial charge is 0.273 e. The van der Waals surface area contributed by atoms with Crippen molar-refractivity contribution in [3.8, 4) is 0 Å². The highest BCUT2D eigenvalue weighted by atomic mass is 79.9. The van der Waals surface area contributed by atoms with Crippen molar-refractivity contribution in [1.82, 2.24) is 19.6 Å². The van der Waals surface area contributed by atoms with Gasteiger partial charge < -0.3 is 0 Å². The molecule has 0 unspecified atom stereocenters. The zero-order valence-corrected chi connectivity index (χ0v) is 9.48. The minimum absolute atomic E-state index is 0.769. The molecule has 0 aromatic carbocycles. The van der Waals surface area contributed by atoms with Crippen LogP contribution in [0, 0.1) is 0 Å². The zero-order valence-electron chi connectivity index (χ0n) is 7.89. The summed E-state index contributed by atoms with van der Waals surface area (Å²) < 4.78 is 4.79. The number of halogens is 1. The van der Waals surface area contributed by atoms with Crippen LogP contribution in [0.3, 0.4) is 0 Å². The predicted octanol–water partition coefficient (Wildman–Crippen LogP) is 1.91. The highest BCUT2D eigenvalue weighted by Gasteiger charge is 1.99. The van der Waals surface area contributed by atoms with E-state index < -0.39 is 0 Å². The van der Waals surface area contributed by atoms with Crippen molar-refractivity contribution >= 4 is 15.9 Å². The van der Waals surface area contributed by atoms with E-state index >= 15 is 0 Å². The van der Waals surface area contributed by atoms with Gasteiger partial charge in [-0.1, -0.05) is 0 Å². The standard InChI is InChI=1S/C9H11BrN4/c1-2-13-5-8(3-11-13)6-14-7-9(10)4-12-14/h3-5,7H,2,6H2,1H3. The summed E-state index contributed by atoms with van der Waals surface area (Å²) in [4.78, 5) is 0. The highest BCUT2D eigenvalue weighted by molar-refractivity contribution is 9.10. The predicted molar refractivity (Wildman–Crippen MR) is 56.9 cm³/mol. The molecule has 74 valence electrons. The Hall–Kier alpha value is -1.10. The minimum Gasteiger partial charge on any atom is -0.273 e. The monoisotopic (exact) mass is 254 g/mol. The summed E-state index contributed by atoms with van der Waals surface area (Å²) in [7, 11) is 0. The molecule has 14 heavy (non-hydrogen) atoms. The second-order valence-corrected chi connectivity index (χ2v) is 3.98. The summed E-state index contributed by atoms with van der Waals surface area (Å²) in [5.74, 6) is 0. The maximum atomic E-state index is 4.20. The zero-order chi connectivity index (χ0) is 9.97. The summed E-state index contributed by atoms with van der Waals surface area (Å²) in [6.45, 7) is 3.75. The second kappa shape index (κ2) is 3.96. The number of nitrogens with zero attached hydrogens (tertiary/aromatic N) is 4. The van der Waals surface area contributed by atoms with Gasteiger partial charge in [-0.15, -0.1) is 0 Å². The lowest BCUT2D eigenvalue weighted by Crippen LogP contribution is -1.98. The smallest absolute Gasteiger partial charge is 0.0690 e. The second-order valence-electron chi connectivity index (χ2n) is 3.06. The number of rotatable bonds is 3. The van der Waals surface area contributed by atoms with Crippen molar-refractivity contribution in [1.29, 1.82) is 0 Å². The average Bonchev–Trinajstić information content (AvgIpc) is 2.76. The van der Waals surface area contributed by atoms with Crippen LogP contribution in [0.15, 0.2) is 29.3 Å². The molecular weight excluding hydrogens is 244 g/mol. The summed E-state index contributed by atoms with van der Waals surface area (Å²) in [5.41, 5.74) is 1.17. The first-order chi connectivity index (χ1) is 6.78. The number of aryl methyl sites for hydroxylation is 1. The van der Waals surface area contributed by atoms with Crippen molar-refractivity contribution in [2.75, 3.05) is 0 Å². The van der Waals surface area contributed by atoms with Crippen LogP contribution in [0.25, 0.3) is 0 Å². The summed E-state index contributed by atoms with van der Waals surface area (Å²) in [6, 6.07) is 0. The molecule has 2 rings (SSSR count). The van der Waals surface area contributed by atoms with E-state index in [9.17, 15) is 0 Å². The molecule has 0 saturated carbocycles. The van der Waals surface area contributed by atoms with Crippen LogP contribution in [0.4, 0.5) is 0 Å². The molecule has 0 N–H and O–H groups in total. The molecule has 0 fully saturated rings. The maximum absolute atomic E-state index is 4.20. The molecule has 0 aliphatic heterocycles. The van der Waals surface area contributed by atoms with Gasteiger partial charge in [-0.2, -0.15) is 10.2 Å². The van der Waals surface area contributed by atoms with Crippen LogP contribution < -0.4 is 0 Å². The Morgan fingerprint density at radius 2 is 2.00 bits per heavy atom. The molecule has 5 heteroatoms. The third-order valence-electron chi connectivity index (χ3n) is 1.96. The Morgan fingerprint density at radius 1 is 1.21 bits per heavy atom. The van der Waals surface area contributed by atoms with Gasteiger partial charge in [0.15, 0.2) is 0 Å². The third kappa shape index (κ3) is 2.04. The molecule has 4 nitrogen and oxygen atoms in total. The van der Waals surface area contributed by atoms with Gasteiger partial charge in [0.05, 0.1) is 23.4 Å². The van der Waals surface area contributed by atoms with Gasteiger partial charge in [-0.05, 0) is 22.9 Å². The van der Waals surface area contributed by atoms with Crippen LogP contribution >= 0.6 is 15.9 Å². The molecule has 0 amide bonds. The van der Waals surface area contributed by atoms with Gasteiger partial charge in [0.25, 0.3) is 0 Å². The lowest BCUT2D eigenvalue weighted by Gasteiger charge is -1.96. The van der Waals surface area contributed by atoms with Gasteiger partial charge in [0, 0.05) is 24.5 Å². The molecule has 0 spiro atoms. The van der Waals surface area contributed by atoms with E-state index in [1.807, 2.05) is 28.0 Å². The fraction of sp³-hybridized carbons (Fsp3) is 0.333. The van der Waals surface area contributed by atoms with Gasteiger partial charge in [-0.25, -0.2) is 0 Å². The maximum Gasteiger partial charge on any atom is 0.0690 e. The third-order valence-corrected chi connectivity index (χ3v) is 2.37. The molecule has 2 aromatic heterocycles.